The highest BCUT2D eigenvalue weighted by atomic mass is 16.5. The topological polar surface area (TPSA) is 33.0 Å². The van der Waals surface area contributed by atoms with E-state index in [9.17, 15) is 0 Å². The molecule has 0 atom stereocenters. The molecule has 0 N–H and O–H groups in total. The molecular formula is C8H11NO. The Hall–Kier alpha value is -0.810. The average Bonchev–Trinajstić information content (AvgIpc) is 2.69. The fourth-order valence-corrected chi connectivity index (χ4v) is 0.981. The summed E-state index contributed by atoms with van der Waals surface area (Å²) in [6.45, 7) is 0.623. The van der Waals surface area contributed by atoms with Crippen molar-refractivity contribution >= 4 is 0 Å². The Labute approximate surface area is 61.1 Å². The first-order valence-corrected chi connectivity index (χ1v) is 3.46. The van der Waals surface area contributed by atoms with Gasteiger partial charge in [0.15, 0.2) is 0 Å². The lowest BCUT2D eigenvalue weighted by molar-refractivity contribution is 0.221. The molecule has 1 aliphatic rings. The minimum atomic E-state index is 0.623. The van der Waals surface area contributed by atoms with Gasteiger partial charge in [0.25, 0.3) is 0 Å². The molecule has 0 aromatic carbocycles. The van der Waals surface area contributed by atoms with Gasteiger partial charge in [-0.2, -0.15) is 5.26 Å². The Morgan fingerprint density at radius 1 is 1.80 bits per heavy atom. The molecule has 0 bridgehead atoms. The molecule has 0 amide bonds. The smallest absolute Gasteiger partial charge is 0.0912 e. The Morgan fingerprint density at radius 2 is 2.50 bits per heavy atom. The summed E-state index contributed by atoms with van der Waals surface area (Å²) in [6.07, 6.45) is 4.08. The molecule has 0 aromatic heterocycles. The van der Waals surface area contributed by atoms with Gasteiger partial charge < -0.3 is 4.74 Å². The second-order valence-corrected chi connectivity index (χ2v) is 2.56. The number of rotatable bonds is 3. The average molecular weight is 137 g/mol. The second kappa shape index (κ2) is 3.38. The molecule has 10 heavy (non-hydrogen) atoms. The van der Waals surface area contributed by atoms with E-state index < -0.39 is 0 Å². The van der Waals surface area contributed by atoms with E-state index in [1.165, 1.54) is 12.8 Å². The summed E-state index contributed by atoms with van der Waals surface area (Å²) in [5, 5.41) is 8.36. The van der Waals surface area contributed by atoms with Gasteiger partial charge in [-0.15, -0.1) is 0 Å². The monoisotopic (exact) mass is 137 g/mol. The first kappa shape index (κ1) is 7.30. The van der Waals surface area contributed by atoms with Crippen molar-refractivity contribution in [1.29, 1.82) is 5.26 Å². The molecule has 0 saturated heterocycles. The van der Waals surface area contributed by atoms with E-state index in [0.29, 0.717) is 12.5 Å². The van der Waals surface area contributed by atoms with Crippen LogP contribution in [0.5, 0.6) is 0 Å². The fourth-order valence-electron chi connectivity index (χ4n) is 0.981. The van der Waals surface area contributed by atoms with Crippen molar-refractivity contribution in [1.82, 2.24) is 0 Å². The van der Waals surface area contributed by atoms with Gasteiger partial charge in [-0.3, -0.25) is 0 Å². The number of ether oxygens (including phenoxy) is 1. The third kappa shape index (κ3) is 1.85. The van der Waals surface area contributed by atoms with E-state index in [0.717, 1.165) is 5.57 Å². The SMILES string of the molecule is COC/C(=C/C#N)C1CC1. The van der Waals surface area contributed by atoms with Crippen LogP contribution in [-0.4, -0.2) is 13.7 Å². The van der Waals surface area contributed by atoms with Gasteiger partial charge >= 0.3 is 0 Å². The molecule has 0 heterocycles. The first-order valence-electron chi connectivity index (χ1n) is 3.46. The van der Waals surface area contributed by atoms with E-state index in [-0.39, 0.29) is 0 Å². The highest BCUT2D eigenvalue weighted by molar-refractivity contribution is 5.20. The van der Waals surface area contributed by atoms with Crippen molar-refractivity contribution in [3.8, 4) is 6.07 Å². The molecule has 0 aromatic rings. The third-order valence-corrected chi connectivity index (χ3v) is 1.66. The van der Waals surface area contributed by atoms with Gasteiger partial charge in [-0.25, -0.2) is 0 Å². The van der Waals surface area contributed by atoms with Gasteiger partial charge in [-0.05, 0) is 24.3 Å². The molecule has 2 heteroatoms. The lowest BCUT2D eigenvalue weighted by Gasteiger charge is -1.99. The zero-order valence-corrected chi connectivity index (χ0v) is 6.13. The zero-order valence-electron chi connectivity index (χ0n) is 6.13. The van der Waals surface area contributed by atoms with Crippen molar-refractivity contribution in [3.63, 3.8) is 0 Å². The largest absolute Gasteiger partial charge is 0.380 e. The third-order valence-electron chi connectivity index (χ3n) is 1.66. The lowest BCUT2D eigenvalue weighted by Crippen LogP contribution is -1.95. The zero-order chi connectivity index (χ0) is 7.40. The molecule has 0 aliphatic heterocycles. The van der Waals surface area contributed by atoms with E-state index in [2.05, 4.69) is 0 Å². The van der Waals surface area contributed by atoms with Crippen LogP contribution in [0.1, 0.15) is 12.8 Å². The molecule has 2 nitrogen and oxygen atoms in total. The molecule has 0 radical (unpaired) electrons. The molecule has 0 spiro atoms. The van der Waals surface area contributed by atoms with E-state index in [4.69, 9.17) is 10.00 Å². The molecule has 1 fully saturated rings. The number of hydrogen-bond acceptors (Lipinski definition) is 2. The van der Waals surface area contributed by atoms with Crippen molar-refractivity contribution in [2.24, 2.45) is 5.92 Å². The minimum Gasteiger partial charge on any atom is -0.380 e. The van der Waals surface area contributed by atoms with Gasteiger partial charge in [0.1, 0.15) is 0 Å². The molecule has 0 unspecified atom stereocenters. The standard InChI is InChI=1S/C8H11NO/c1-10-6-8(4-5-9)7-2-3-7/h4,7H,2-3,6H2,1H3/b8-4-. The first-order chi connectivity index (χ1) is 4.88. The Balaban J connectivity index is 2.43. The molecular weight excluding hydrogens is 126 g/mol. The summed E-state index contributed by atoms with van der Waals surface area (Å²) < 4.78 is 4.94. The quantitative estimate of drug-likeness (QED) is 0.552. The summed E-state index contributed by atoms with van der Waals surface area (Å²) in [6, 6.07) is 2.03. The normalized spacial score (nSPS) is 18.6. The van der Waals surface area contributed by atoms with Gasteiger partial charge in [0, 0.05) is 13.2 Å². The van der Waals surface area contributed by atoms with Crippen molar-refractivity contribution in [2.45, 2.75) is 12.8 Å². The van der Waals surface area contributed by atoms with Crippen LogP contribution in [0.25, 0.3) is 0 Å². The van der Waals surface area contributed by atoms with Crippen molar-refractivity contribution in [2.75, 3.05) is 13.7 Å². The molecule has 1 aliphatic carbocycles. The van der Waals surface area contributed by atoms with E-state index >= 15 is 0 Å². The van der Waals surface area contributed by atoms with Crippen LogP contribution in [-0.2, 0) is 4.74 Å². The van der Waals surface area contributed by atoms with Gasteiger partial charge in [-0.1, -0.05) is 0 Å². The second-order valence-electron chi connectivity index (χ2n) is 2.56. The number of allylic oxidation sites excluding steroid dienone is 1. The number of hydrogen-bond donors (Lipinski definition) is 0. The Morgan fingerprint density at radius 3 is 2.90 bits per heavy atom. The molecule has 1 rings (SSSR count). The van der Waals surface area contributed by atoms with Gasteiger partial charge in [0.05, 0.1) is 12.7 Å². The van der Waals surface area contributed by atoms with Crippen LogP contribution in [0.15, 0.2) is 11.6 Å². The molecule has 1 saturated carbocycles. The highest BCUT2D eigenvalue weighted by Crippen LogP contribution is 2.36. The van der Waals surface area contributed by atoms with Crippen molar-refractivity contribution < 1.29 is 4.74 Å². The summed E-state index contributed by atoms with van der Waals surface area (Å²) >= 11 is 0. The summed E-state index contributed by atoms with van der Waals surface area (Å²) in [5.41, 5.74) is 1.16. The predicted octanol–water partition coefficient (Wildman–Crippen LogP) is 1.49. The van der Waals surface area contributed by atoms with Crippen molar-refractivity contribution in [3.05, 3.63) is 11.6 Å². The van der Waals surface area contributed by atoms with Crippen LogP contribution in [0.2, 0.25) is 0 Å². The van der Waals surface area contributed by atoms with Crippen LogP contribution < -0.4 is 0 Å². The van der Waals surface area contributed by atoms with E-state index in [1.807, 2.05) is 6.07 Å². The maximum atomic E-state index is 8.36. The van der Waals surface area contributed by atoms with Crippen LogP contribution in [0, 0.1) is 17.2 Å². The summed E-state index contributed by atoms with van der Waals surface area (Å²) in [4.78, 5) is 0. The number of nitrogens with zero attached hydrogens (tertiary/aromatic N) is 1. The minimum absolute atomic E-state index is 0.623. The predicted molar refractivity (Wildman–Crippen MR) is 38.3 cm³/mol. The van der Waals surface area contributed by atoms with E-state index in [1.54, 1.807) is 13.2 Å². The number of nitriles is 1. The van der Waals surface area contributed by atoms with Crippen LogP contribution in [0.3, 0.4) is 0 Å². The Bertz CT molecular complexity index is 174. The maximum Gasteiger partial charge on any atom is 0.0912 e. The van der Waals surface area contributed by atoms with Gasteiger partial charge in [0.2, 0.25) is 0 Å². The Kier molecular flexibility index (Phi) is 2.47. The molecule has 54 valence electrons. The fraction of sp³-hybridized carbons (Fsp3) is 0.625. The van der Waals surface area contributed by atoms with Crippen LogP contribution >= 0.6 is 0 Å². The maximum absolute atomic E-state index is 8.36. The lowest BCUT2D eigenvalue weighted by atomic mass is 10.2. The summed E-state index contributed by atoms with van der Waals surface area (Å²) in [7, 11) is 1.66. The summed E-state index contributed by atoms with van der Waals surface area (Å²) in [5.74, 6) is 0.652. The highest BCUT2D eigenvalue weighted by Gasteiger charge is 2.25. The van der Waals surface area contributed by atoms with Crippen LogP contribution in [0.4, 0.5) is 0 Å². The number of methoxy groups -OCH3 is 1.